The highest BCUT2D eigenvalue weighted by Crippen LogP contribution is 2.22. The van der Waals surface area contributed by atoms with Gasteiger partial charge in [-0.05, 0) is 13.8 Å². The highest BCUT2D eigenvalue weighted by molar-refractivity contribution is 6.18. The SMILES string of the molecule is CC(C)N(C(=O)N(CCCl)N=O)[C@@H]1OC[C@@H](O)[C@@H](O)[C@@H]1O. The largest absolute Gasteiger partial charge is 0.388 e. The first kappa shape index (κ1) is 18.1. The monoisotopic (exact) mass is 325 g/mol. The second kappa shape index (κ2) is 7.85. The molecule has 21 heavy (non-hydrogen) atoms. The molecule has 0 spiro atoms. The van der Waals surface area contributed by atoms with Gasteiger partial charge in [0.2, 0.25) is 0 Å². The summed E-state index contributed by atoms with van der Waals surface area (Å²) in [4.78, 5) is 24.1. The smallest absolute Gasteiger partial charge is 0.345 e. The zero-order valence-electron chi connectivity index (χ0n) is 11.8. The summed E-state index contributed by atoms with van der Waals surface area (Å²) < 4.78 is 5.23. The van der Waals surface area contributed by atoms with Crippen molar-refractivity contribution >= 4 is 17.6 Å². The molecule has 122 valence electrons. The molecule has 3 N–H and O–H groups in total. The van der Waals surface area contributed by atoms with Crippen LogP contribution < -0.4 is 0 Å². The molecular weight excluding hydrogens is 306 g/mol. The minimum absolute atomic E-state index is 0.0127. The Bertz CT molecular complexity index is 372. The van der Waals surface area contributed by atoms with Crippen LogP contribution in [0.15, 0.2) is 5.29 Å². The van der Waals surface area contributed by atoms with E-state index in [1.54, 1.807) is 13.8 Å². The second-order valence-corrected chi connectivity index (χ2v) is 5.33. The first-order valence-corrected chi connectivity index (χ1v) is 7.03. The van der Waals surface area contributed by atoms with Crippen LogP contribution in [0.1, 0.15) is 13.8 Å². The van der Waals surface area contributed by atoms with Crippen LogP contribution in [0.2, 0.25) is 0 Å². The maximum absolute atomic E-state index is 12.3. The predicted molar refractivity (Wildman–Crippen MR) is 73.4 cm³/mol. The molecule has 1 saturated heterocycles. The Balaban J connectivity index is 2.95. The molecule has 1 fully saturated rings. The van der Waals surface area contributed by atoms with Gasteiger partial charge >= 0.3 is 6.03 Å². The lowest BCUT2D eigenvalue weighted by atomic mass is 10.0. The van der Waals surface area contributed by atoms with E-state index in [0.717, 1.165) is 4.90 Å². The lowest BCUT2D eigenvalue weighted by Gasteiger charge is -2.43. The number of rotatable bonds is 5. The Kier molecular flexibility index (Phi) is 6.75. The Labute approximate surface area is 127 Å². The molecule has 0 unspecified atom stereocenters. The maximum atomic E-state index is 12.3. The van der Waals surface area contributed by atoms with Gasteiger partial charge in [0.1, 0.15) is 18.3 Å². The Morgan fingerprint density at radius 2 is 2.00 bits per heavy atom. The number of hydrogen-bond acceptors (Lipinski definition) is 7. The molecule has 0 aliphatic carbocycles. The summed E-state index contributed by atoms with van der Waals surface area (Å²) in [6, 6.07) is -1.24. The van der Waals surface area contributed by atoms with Crippen LogP contribution in [0.3, 0.4) is 0 Å². The summed E-state index contributed by atoms with van der Waals surface area (Å²) in [5, 5.41) is 32.3. The molecule has 0 aromatic rings. The van der Waals surface area contributed by atoms with E-state index in [2.05, 4.69) is 5.29 Å². The second-order valence-electron chi connectivity index (χ2n) is 4.95. The number of alkyl halides is 1. The van der Waals surface area contributed by atoms with Crippen LogP contribution >= 0.6 is 11.6 Å². The number of ether oxygens (including phenoxy) is 1. The molecule has 0 saturated carbocycles. The zero-order valence-corrected chi connectivity index (χ0v) is 12.5. The number of amides is 2. The highest BCUT2D eigenvalue weighted by Gasteiger charge is 2.44. The topological polar surface area (TPSA) is 123 Å². The molecule has 0 aromatic carbocycles. The van der Waals surface area contributed by atoms with E-state index in [9.17, 15) is 25.0 Å². The van der Waals surface area contributed by atoms with Crippen LogP contribution in [-0.4, -0.2) is 80.9 Å². The van der Waals surface area contributed by atoms with Crippen LogP contribution in [0.4, 0.5) is 4.79 Å². The van der Waals surface area contributed by atoms with Crippen molar-refractivity contribution in [3.63, 3.8) is 0 Å². The van der Waals surface area contributed by atoms with Crippen LogP contribution in [0, 0.1) is 4.91 Å². The van der Waals surface area contributed by atoms with E-state index in [-0.39, 0.29) is 19.0 Å². The van der Waals surface area contributed by atoms with Crippen molar-refractivity contribution in [1.29, 1.82) is 0 Å². The molecule has 1 aliphatic rings. The summed E-state index contributed by atoms with van der Waals surface area (Å²) >= 11 is 5.50. The number of nitrogens with zero attached hydrogens (tertiary/aromatic N) is 3. The average Bonchev–Trinajstić information content (AvgIpc) is 2.44. The molecule has 1 aliphatic heterocycles. The summed E-state index contributed by atoms with van der Waals surface area (Å²) in [7, 11) is 0. The first-order chi connectivity index (χ1) is 9.84. The van der Waals surface area contributed by atoms with Crippen LogP contribution in [0.25, 0.3) is 0 Å². The fraction of sp³-hybridized carbons (Fsp3) is 0.909. The standard InChI is InChI=1S/C11H20ClN3O6/c1-6(2)15(11(19)14(13-20)4-3-12)10-9(18)8(17)7(16)5-21-10/h6-10,16-18H,3-5H2,1-2H3/t7-,8-,9+,10-/m1/s1. The van der Waals surface area contributed by atoms with Crippen molar-refractivity contribution < 1.29 is 24.9 Å². The number of aliphatic hydroxyl groups is 3. The third-order valence-electron chi connectivity index (χ3n) is 3.14. The number of nitroso groups, excluding NO2 is 1. The van der Waals surface area contributed by atoms with Gasteiger partial charge in [-0.1, -0.05) is 0 Å². The Morgan fingerprint density at radius 1 is 1.38 bits per heavy atom. The van der Waals surface area contributed by atoms with Gasteiger partial charge < -0.3 is 20.1 Å². The molecule has 2 amide bonds. The number of hydrogen-bond donors (Lipinski definition) is 3. The Morgan fingerprint density at radius 3 is 2.48 bits per heavy atom. The van der Waals surface area contributed by atoms with Gasteiger partial charge in [0.25, 0.3) is 0 Å². The normalized spacial score (nSPS) is 29.3. The summed E-state index contributed by atoms with van der Waals surface area (Å²) in [6.45, 7) is 2.95. The molecule has 0 bridgehead atoms. The molecule has 1 heterocycles. The van der Waals surface area contributed by atoms with Gasteiger partial charge in [0, 0.05) is 11.9 Å². The first-order valence-electron chi connectivity index (χ1n) is 6.50. The van der Waals surface area contributed by atoms with Gasteiger partial charge in [-0.15, -0.1) is 16.5 Å². The van der Waals surface area contributed by atoms with E-state index < -0.39 is 36.6 Å². The van der Waals surface area contributed by atoms with Crippen molar-refractivity contribution in [3.05, 3.63) is 4.91 Å². The van der Waals surface area contributed by atoms with Gasteiger partial charge in [-0.25, -0.2) is 4.79 Å². The van der Waals surface area contributed by atoms with Gasteiger partial charge in [-0.3, -0.25) is 4.90 Å². The van der Waals surface area contributed by atoms with Crippen LogP contribution in [-0.2, 0) is 4.74 Å². The molecule has 9 nitrogen and oxygen atoms in total. The predicted octanol–water partition coefficient (Wildman–Crippen LogP) is -0.522. The quantitative estimate of drug-likeness (QED) is 0.355. The minimum atomic E-state index is -1.51. The Hall–Kier alpha value is -1.00. The van der Waals surface area contributed by atoms with Crippen molar-refractivity contribution in [2.24, 2.45) is 5.29 Å². The fourth-order valence-electron chi connectivity index (χ4n) is 2.04. The number of halogens is 1. The van der Waals surface area contributed by atoms with E-state index in [4.69, 9.17) is 16.3 Å². The fourth-order valence-corrected chi connectivity index (χ4v) is 2.20. The summed E-state index contributed by atoms with van der Waals surface area (Å²) in [5.41, 5.74) is 0. The van der Waals surface area contributed by atoms with Gasteiger partial charge in [0.15, 0.2) is 6.23 Å². The highest BCUT2D eigenvalue weighted by atomic mass is 35.5. The molecular formula is C11H20ClN3O6. The van der Waals surface area contributed by atoms with E-state index >= 15 is 0 Å². The van der Waals surface area contributed by atoms with Crippen LogP contribution in [0.5, 0.6) is 0 Å². The third-order valence-corrected chi connectivity index (χ3v) is 3.31. The number of carbonyl (C=O) groups is 1. The minimum Gasteiger partial charge on any atom is -0.388 e. The number of aliphatic hydroxyl groups excluding tert-OH is 3. The van der Waals surface area contributed by atoms with Crippen molar-refractivity contribution in [1.82, 2.24) is 9.91 Å². The maximum Gasteiger partial charge on any atom is 0.345 e. The molecule has 4 atom stereocenters. The summed E-state index contributed by atoms with van der Waals surface area (Å²) in [5.74, 6) is 0.0127. The van der Waals surface area contributed by atoms with E-state index in [1.807, 2.05) is 0 Å². The average molecular weight is 326 g/mol. The molecule has 0 radical (unpaired) electrons. The number of carbonyl (C=O) groups excluding carboxylic acids is 1. The lowest BCUT2D eigenvalue weighted by molar-refractivity contribution is -0.224. The van der Waals surface area contributed by atoms with Crippen molar-refractivity contribution in [2.45, 2.75) is 44.4 Å². The lowest BCUT2D eigenvalue weighted by Crippen LogP contribution is -2.63. The molecule has 0 aromatic heterocycles. The van der Waals surface area contributed by atoms with Gasteiger partial charge in [0.05, 0.1) is 18.4 Å². The molecule has 1 rings (SSSR count). The van der Waals surface area contributed by atoms with Crippen molar-refractivity contribution in [2.75, 3.05) is 19.0 Å². The summed E-state index contributed by atoms with van der Waals surface area (Å²) in [6.07, 6.45) is -5.41. The van der Waals surface area contributed by atoms with E-state index in [1.165, 1.54) is 0 Å². The van der Waals surface area contributed by atoms with Crippen molar-refractivity contribution in [3.8, 4) is 0 Å². The third kappa shape index (κ3) is 4.01. The zero-order chi connectivity index (χ0) is 16.2. The van der Waals surface area contributed by atoms with Gasteiger partial charge in [-0.2, -0.15) is 5.01 Å². The number of urea groups is 1. The van der Waals surface area contributed by atoms with E-state index in [0.29, 0.717) is 5.01 Å². The molecule has 10 heteroatoms.